The van der Waals surface area contributed by atoms with E-state index in [1.807, 2.05) is 13.8 Å². The topological polar surface area (TPSA) is 121 Å². The quantitative estimate of drug-likeness (QED) is 0.210. The van der Waals surface area contributed by atoms with Crippen molar-refractivity contribution < 1.29 is 34.4 Å². The summed E-state index contributed by atoms with van der Waals surface area (Å²) in [4.78, 5) is 35.7. The zero-order valence-corrected chi connectivity index (χ0v) is 19.4. The summed E-state index contributed by atoms with van der Waals surface area (Å²) >= 11 is 0. The van der Waals surface area contributed by atoms with Crippen LogP contribution < -0.4 is 0 Å². The van der Waals surface area contributed by atoms with E-state index in [9.17, 15) is 24.6 Å². The van der Waals surface area contributed by atoms with E-state index < -0.39 is 47.9 Å². The number of aliphatic hydroxyl groups excluding tert-OH is 2. The van der Waals surface area contributed by atoms with Crippen molar-refractivity contribution in [3.05, 3.63) is 36.5 Å². The maximum absolute atomic E-state index is 12.7. The number of carbonyl (C=O) groups excluding carboxylic acids is 2. The summed E-state index contributed by atoms with van der Waals surface area (Å²) in [7, 11) is 0. The molecule has 0 bridgehead atoms. The number of aliphatic hydroxyl groups is 2. The molecular formula is C25H38O7. The summed E-state index contributed by atoms with van der Waals surface area (Å²) in [5, 5.41) is 29.4. The van der Waals surface area contributed by atoms with E-state index in [-0.39, 0.29) is 19.3 Å². The van der Waals surface area contributed by atoms with Crippen molar-refractivity contribution in [2.75, 3.05) is 0 Å². The first-order chi connectivity index (χ1) is 15.0. The Balaban J connectivity index is 2.70. The molecule has 3 N–H and O–H groups in total. The number of Topliss-reactive ketones (excluding diaryl/α,β-unsaturated/α-hetero) is 1. The summed E-state index contributed by atoms with van der Waals surface area (Å²) in [6.45, 7) is 9.75. The Hall–Kier alpha value is -2.25. The maximum atomic E-state index is 12.7. The van der Waals surface area contributed by atoms with Gasteiger partial charge < -0.3 is 20.1 Å². The third kappa shape index (κ3) is 9.92. The van der Waals surface area contributed by atoms with Gasteiger partial charge in [0.15, 0.2) is 0 Å². The molecule has 1 rings (SSSR count). The Morgan fingerprint density at radius 3 is 2.56 bits per heavy atom. The molecule has 1 fully saturated rings. The highest BCUT2D eigenvalue weighted by Gasteiger charge is 2.46. The lowest BCUT2D eigenvalue weighted by Gasteiger charge is -2.20. The smallest absolute Gasteiger partial charge is 0.317 e. The van der Waals surface area contributed by atoms with Crippen LogP contribution in [0.5, 0.6) is 0 Å². The van der Waals surface area contributed by atoms with Crippen LogP contribution in [0.25, 0.3) is 0 Å². The monoisotopic (exact) mass is 450 g/mol. The Labute approximate surface area is 190 Å². The molecule has 32 heavy (non-hydrogen) atoms. The first-order valence-electron chi connectivity index (χ1n) is 11.3. The SMILES string of the molecule is C=CC(CCCC(=O)O)OC(=O)[C@H]1C(=O)C[C@@H](O)[C@@H]1/C=C/[C@@H](O)CC(C)CCC=C(C)C. The van der Waals surface area contributed by atoms with E-state index in [1.54, 1.807) is 12.2 Å². The Morgan fingerprint density at radius 1 is 1.28 bits per heavy atom. The molecule has 0 aliphatic heterocycles. The normalized spacial score (nSPS) is 23.5. The second-order valence-corrected chi connectivity index (χ2v) is 8.94. The minimum absolute atomic E-state index is 0.0566. The van der Waals surface area contributed by atoms with Gasteiger partial charge in [-0.2, -0.15) is 0 Å². The lowest BCUT2D eigenvalue weighted by molar-refractivity contribution is -0.155. The van der Waals surface area contributed by atoms with E-state index in [0.29, 0.717) is 18.8 Å². The van der Waals surface area contributed by atoms with Gasteiger partial charge in [0.05, 0.1) is 12.2 Å². The van der Waals surface area contributed by atoms with Crippen LogP contribution in [0.2, 0.25) is 0 Å². The van der Waals surface area contributed by atoms with Gasteiger partial charge in [-0.1, -0.05) is 43.4 Å². The molecule has 0 aromatic heterocycles. The van der Waals surface area contributed by atoms with Crippen molar-refractivity contribution in [1.29, 1.82) is 0 Å². The first-order valence-corrected chi connectivity index (χ1v) is 11.3. The summed E-state index contributed by atoms with van der Waals surface area (Å²) in [6.07, 6.45) is 7.00. The summed E-state index contributed by atoms with van der Waals surface area (Å²) in [5.41, 5.74) is 1.26. The van der Waals surface area contributed by atoms with E-state index >= 15 is 0 Å². The summed E-state index contributed by atoms with van der Waals surface area (Å²) < 4.78 is 5.37. The molecule has 1 aliphatic rings. The van der Waals surface area contributed by atoms with Gasteiger partial charge in [0.25, 0.3) is 0 Å². The van der Waals surface area contributed by atoms with Gasteiger partial charge in [0.2, 0.25) is 0 Å². The van der Waals surface area contributed by atoms with E-state index in [4.69, 9.17) is 9.84 Å². The minimum Gasteiger partial charge on any atom is -0.481 e. The molecule has 0 spiro atoms. The van der Waals surface area contributed by atoms with Crippen LogP contribution in [0.1, 0.15) is 65.7 Å². The van der Waals surface area contributed by atoms with Gasteiger partial charge in [-0.25, -0.2) is 0 Å². The summed E-state index contributed by atoms with van der Waals surface area (Å²) in [6, 6.07) is 0. The zero-order valence-electron chi connectivity index (χ0n) is 19.4. The second-order valence-electron chi connectivity index (χ2n) is 8.94. The molecule has 0 aromatic rings. The van der Waals surface area contributed by atoms with Crippen molar-refractivity contribution in [2.45, 2.75) is 84.0 Å². The standard InChI is InChI=1S/C25H38O7/c1-5-19(10-7-11-23(29)30)32-25(31)24-20(21(27)15-22(24)28)13-12-18(26)14-17(4)9-6-8-16(2)3/h5,8,12-13,17-21,24,26-27H,1,6-7,9-11,14-15H2,2-4H3,(H,29,30)/b13-12+/t17?,18-,19?,20+,21-,24-/m1/s1. The molecule has 180 valence electrons. The fourth-order valence-corrected chi connectivity index (χ4v) is 3.86. The number of hydrogen-bond acceptors (Lipinski definition) is 6. The predicted octanol–water partition coefficient (Wildman–Crippen LogP) is 3.59. The molecule has 7 heteroatoms. The maximum Gasteiger partial charge on any atom is 0.317 e. The van der Waals surface area contributed by atoms with E-state index in [2.05, 4.69) is 19.6 Å². The number of esters is 1. The van der Waals surface area contributed by atoms with Crippen LogP contribution in [-0.2, 0) is 19.1 Å². The highest BCUT2D eigenvalue weighted by Crippen LogP contribution is 2.32. The molecule has 0 saturated heterocycles. The fourth-order valence-electron chi connectivity index (χ4n) is 3.86. The fraction of sp³-hybridized carbons (Fsp3) is 0.640. The zero-order chi connectivity index (χ0) is 24.3. The third-order valence-electron chi connectivity index (χ3n) is 5.66. The second kappa shape index (κ2) is 14.0. The van der Waals surface area contributed by atoms with Gasteiger partial charge in [0.1, 0.15) is 17.8 Å². The number of hydrogen-bond donors (Lipinski definition) is 3. The van der Waals surface area contributed by atoms with Gasteiger partial charge >= 0.3 is 11.9 Å². The van der Waals surface area contributed by atoms with Crippen LogP contribution >= 0.6 is 0 Å². The largest absolute Gasteiger partial charge is 0.481 e. The Kier molecular flexibility index (Phi) is 12.2. The highest BCUT2D eigenvalue weighted by atomic mass is 16.5. The molecule has 0 radical (unpaired) electrons. The van der Waals surface area contributed by atoms with Crippen molar-refractivity contribution >= 4 is 17.7 Å². The minimum atomic E-state index is -1.15. The number of carbonyl (C=O) groups is 3. The number of carboxylic acid groups (broad SMARTS) is 1. The van der Waals surface area contributed by atoms with Crippen LogP contribution in [0.15, 0.2) is 36.5 Å². The average Bonchev–Trinajstić information content (AvgIpc) is 2.97. The highest BCUT2D eigenvalue weighted by molar-refractivity contribution is 6.01. The Morgan fingerprint density at radius 2 is 1.97 bits per heavy atom. The van der Waals surface area contributed by atoms with Crippen LogP contribution in [0.3, 0.4) is 0 Å². The molecular weight excluding hydrogens is 412 g/mol. The van der Waals surface area contributed by atoms with Crippen LogP contribution in [0.4, 0.5) is 0 Å². The molecule has 7 nitrogen and oxygen atoms in total. The number of rotatable bonds is 14. The molecule has 1 saturated carbocycles. The van der Waals surface area contributed by atoms with Crippen molar-refractivity contribution in [3.8, 4) is 0 Å². The molecule has 0 heterocycles. The lowest BCUT2D eigenvalue weighted by Crippen LogP contribution is -2.31. The third-order valence-corrected chi connectivity index (χ3v) is 5.66. The van der Waals surface area contributed by atoms with Gasteiger partial charge in [-0.05, 0) is 51.9 Å². The summed E-state index contributed by atoms with van der Waals surface area (Å²) in [5.74, 6) is -3.73. The van der Waals surface area contributed by atoms with Crippen LogP contribution in [-0.4, -0.2) is 51.4 Å². The van der Waals surface area contributed by atoms with Gasteiger partial charge in [-0.15, -0.1) is 0 Å². The number of carboxylic acids is 1. The van der Waals surface area contributed by atoms with Gasteiger partial charge in [-0.3, -0.25) is 14.4 Å². The molecule has 1 aliphatic carbocycles. The molecule has 0 amide bonds. The van der Waals surface area contributed by atoms with E-state index in [1.165, 1.54) is 11.6 Å². The van der Waals surface area contributed by atoms with Gasteiger partial charge in [0, 0.05) is 18.8 Å². The first kappa shape index (κ1) is 27.8. The lowest BCUT2D eigenvalue weighted by atomic mass is 9.92. The molecule has 0 aromatic carbocycles. The molecule has 2 unspecified atom stereocenters. The van der Waals surface area contributed by atoms with Crippen molar-refractivity contribution in [2.24, 2.45) is 17.8 Å². The van der Waals surface area contributed by atoms with Crippen molar-refractivity contribution in [3.63, 3.8) is 0 Å². The predicted molar refractivity (Wildman–Crippen MR) is 122 cm³/mol. The number of aliphatic carboxylic acids is 1. The number of allylic oxidation sites excluding steroid dienone is 2. The number of ether oxygens (including phenoxy) is 1. The molecule has 6 atom stereocenters. The number of ketones is 1. The van der Waals surface area contributed by atoms with Crippen LogP contribution in [0, 0.1) is 17.8 Å². The van der Waals surface area contributed by atoms with E-state index in [0.717, 1.165) is 12.8 Å². The Bertz CT molecular complexity index is 705. The van der Waals surface area contributed by atoms with Crippen molar-refractivity contribution in [1.82, 2.24) is 0 Å². The average molecular weight is 451 g/mol.